The van der Waals surface area contributed by atoms with Crippen LogP contribution in [0.5, 0.6) is 0 Å². The fourth-order valence-electron chi connectivity index (χ4n) is 7.89. The second kappa shape index (κ2) is 28.5. The van der Waals surface area contributed by atoms with E-state index in [0.29, 0.717) is 17.5 Å². The van der Waals surface area contributed by atoms with Crippen molar-refractivity contribution in [2.45, 2.75) is 120 Å². The van der Waals surface area contributed by atoms with Gasteiger partial charge in [-0.1, -0.05) is 48.5 Å². The molecule has 0 saturated carbocycles. The Morgan fingerprint density at radius 3 is 2.03 bits per heavy atom. The second-order valence-electron chi connectivity index (χ2n) is 17.4. The van der Waals surface area contributed by atoms with Gasteiger partial charge in [-0.05, 0) is 68.7 Å². The maximum atomic E-state index is 14.5. The predicted octanol–water partition coefficient (Wildman–Crippen LogP) is -3.79. The lowest BCUT2D eigenvalue weighted by molar-refractivity contribution is -0.136. The lowest BCUT2D eigenvalue weighted by atomic mass is 10.0. The van der Waals surface area contributed by atoms with Crippen LogP contribution in [-0.2, 0) is 60.8 Å². The first-order valence-electron chi connectivity index (χ1n) is 23.6. The molecular weight excluding hydrogens is 935 g/mol. The molecule has 10 amide bonds. The Morgan fingerprint density at radius 1 is 0.736 bits per heavy atom. The van der Waals surface area contributed by atoms with Crippen molar-refractivity contribution in [3.8, 4) is 0 Å². The Morgan fingerprint density at radius 2 is 1.36 bits per heavy atom. The molecule has 390 valence electrons. The van der Waals surface area contributed by atoms with E-state index >= 15 is 0 Å². The summed E-state index contributed by atoms with van der Waals surface area (Å²) in [5.41, 5.74) is 29.9. The highest BCUT2D eigenvalue weighted by molar-refractivity contribution is 5.99. The van der Waals surface area contributed by atoms with E-state index in [2.05, 4.69) is 52.5 Å². The zero-order valence-corrected chi connectivity index (χ0v) is 40.1. The van der Waals surface area contributed by atoms with Crippen LogP contribution in [0.1, 0.15) is 75.8 Å². The first-order valence-corrected chi connectivity index (χ1v) is 23.6. The molecule has 0 bridgehead atoms. The molecule has 19 N–H and O–H groups in total. The summed E-state index contributed by atoms with van der Waals surface area (Å²) in [6.45, 7) is 1.35. The van der Waals surface area contributed by atoms with E-state index in [-0.39, 0.29) is 83.4 Å². The van der Waals surface area contributed by atoms with Crippen molar-refractivity contribution in [3.63, 3.8) is 0 Å². The van der Waals surface area contributed by atoms with Crippen LogP contribution in [0.4, 0.5) is 0 Å². The van der Waals surface area contributed by atoms with Gasteiger partial charge in [-0.15, -0.1) is 0 Å². The molecule has 1 aromatic heterocycles. The smallest absolute Gasteiger partial charge is 0.243 e. The normalized spacial score (nSPS) is 21.5. The minimum atomic E-state index is -1.72. The lowest BCUT2D eigenvalue weighted by Crippen LogP contribution is -2.60. The van der Waals surface area contributed by atoms with Crippen molar-refractivity contribution in [2.75, 3.05) is 19.6 Å². The third-order valence-electron chi connectivity index (χ3n) is 11.6. The van der Waals surface area contributed by atoms with Crippen molar-refractivity contribution >= 4 is 75.9 Å². The summed E-state index contributed by atoms with van der Waals surface area (Å²) in [5, 5.41) is 21.5. The molecule has 0 unspecified atom stereocenters. The van der Waals surface area contributed by atoms with Crippen LogP contribution >= 0.6 is 0 Å². The number of carbonyl (C=O) groups excluding carboxylic acids is 10. The second-order valence-corrected chi connectivity index (χ2v) is 17.4. The van der Waals surface area contributed by atoms with Crippen LogP contribution < -0.4 is 71.2 Å². The van der Waals surface area contributed by atoms with Crippen LogP contribution in [0.15, 0.2) is 65.8 Å². The van der Waals surface area contributed by atoms with E-state index in [1.165, 1.54) is 6.92 Å². The quantitative estimate of drug-likeness (QED) is 0.0351. The number of nitrogens with two attached hydrogens (primary N) is 5. The van der Waals surface area contributed by atoms with Crippen LogP contribution in [0.2, 0.25) is 0 Å². The van der Waals surface area contributed by atoms with Crippen LogP contribution in [0, 0.1) is 0 Å². The van der Waals surface area contributed by atoms with Gasteiger partial charge in [0.1, 0.15) is 42.3 Å². The van der Waals surface area contributed by atoms with Gasteiger partial charge in [0.05, 0.1) is 6.42 Å². The molecule has 0 aliphatic carbocycles. The zero-order valence-electron chi connectivity index (χ0n) is 40.1. The van der Waals surface area contributed by atoms with Gasteiger partial charge in [-0.3, -0.25) is 52.9 Å². The van der Waals surface area contributed by atoms with Gasteiger partial charge in [0.25, 0.3) is 0 Å². The first-order chi connectivity index (χ1) is 34.3. The summed E-state index contributed by atoms with van der Waals surface area (Å²) in [7, 11) is 0. The summed E-state index contributed by atoms with van der Waals surface area (Å²) >= 11 is 0. The number of nitrogens with one attached hydrogen (secondary N) is 9. The molecule has 1 saturated heterocycles. The highest BCUT2D eigenvalue weighted by Gasteiger charge is 2.35. The third kappa shape index (κ3) is 18.7. The van der Waals surface area contributed by atoms with Gasteiger partial charge >= 0.3 is 0 Å². The monoisotopic (exact) mass is 1000 g/mol. The number of H-pyrrole nitrogens is 1. The average molecular weight is 1000 g/mol. The summed E-state index contributed by atoms with van der Waals surface area (Å²) in [5.74, 6) is -8.69. The van der Waals surface area contributed by atoms with Gasteiger partial charge in [-0.25, -0.2) is 0 Å². The van der Waals surface area contributed by atoms with Gasteiger partial charge in [-0.2, -0.15) is 0 Å². The fourth-order valence-corrected chi connectivity index (χ4v) is 7.89. The summed E-state index contributed by atoms with van der Waals surface area (Å²) in [6, 6.07) is 5.73. The Kier molecular flexibility index (Phi) is 22.4. The maximum Gasteiger partial charge on any atom is 0.243 e. The van der Waals surface area contributed by atoms with Crippen LogP contribution in [0.25, 0.3) is 10.9 Å². The molecule has 72 heavy (non-hydrogen) atoms. The fraction of sp³-hybridized carbons (Fsp3) is 0.468. The molecule has 1 fully saturated rings. The van der Waals surface area contributed by atoms with Crippen molar-refractivity contribution in [1.29, 1.82) is 0 Å². The number of nitrogens with zero attached hydrogens (tertiary/aromatic N) is 1. The van der Waals surface area contributed by atoms with E-state index in [9.17, 15) is 47.9 Å². The number of para-hydroxylation sites is 1. The Hall–Kier alpha value is -8.09. The van der Waals surface area contributed by atoms with Crippen molar-refractivity contribution in [3.05, 3.63) is 71.9 Å². The van der Waals surface area contributed by atoms with Gasteiger partial charge in [0.15, 0.2) is 5.96 Å². The molecule has 2 aromatic carbocycles. The average Bonchev–Trinajstić information content (AvgIpc) is 3.74. The molecular formula is C47H67N15O10. The minimum absolute atomic E-state index is 0.0246. The Balaban J connectivity index is 1.78. The third-order valence-corrected chi connectivity index (χ3v) is 11.6. The number of amides is 10. The van der Waals surface area contributed by atoms with Crippen molar-refractivity contribution in [2.24, 2.45) is 33.7 Å². The number of primary amides is 2. The lowest BCUT2D eigenvalue weighted by Gasteiger charge is -2.28. The molecule has 0 spiro atoms. The van der Waals surface area contributed by atoms with E-state index in [1.54, 1.807) is 48.7 Å². The predicted molar refractivity (Wildman–Crippen MR) is 264 cm³/mol. The number of aromatic nitrogens is 1. The topological polar surface area (TPSA) is 425 Å². The van der Waals surface area contributed by atoms with Gasteiger partial charge in [0.2, 0.25) is 59.1 Å². The Labute approximate surface area is 415 Å². The number of fused-ring (bicyclic) bond motifs is 1. The van der Waals surface area contributed by atoms with Crippen LogP contribution in [0.3, 0.4) is 0 Å². The summed E-state index contributed by atoms with van der Waals surface area (Å²) in [4.78, 5) is 143. The number of benzene rings is 2. The van der Waals surface area contributed by atoms with E-state index < -0.39 is 108 Å². The molecule has 3 aromatic rings. The van der Waals surface area contributed by atoms with Gasteiger partial charge in [0, 0.05) is 56.4 Å². The van der Waals surface area contributed by atoms with Crippen molar-refractivity contribution in [1.82, 2.24) is 47.5 Å². The van der Waals surface area contributed by atoms with Gasteiger partial charge < -0.3 is 76.2 Å². The standard InChI is InChI=1S/C47H67N15O10/c1-26(63)56-32(14-7-19-48)41(67)58-33-15-8-20-53-39(65)18-17-31(40(50)66)57-45(71)36(23-28-25-55-30-13-6-5-12-29(28)30)61-42(68)34(16-9-21-54-47(51)52)59-44(70)35(22-27-10-3-2-4-11-27)60-46(72)37(24-38(49)64)62-43(33)69/h2-6,10-13,25,31-37,55H,7-9,14-24,48H2,1H3,(H2,49,64)(H2,50,66)(H,53,65)(H,56,63)(H,57,71)(H,58,67)(H,59,70)(H,60,72)(H,61,68)(H,62,69)(H4,51,52,54)/t31-,32-,33-,34-,35+,36-,37-/m0/s1. The highest BCUT2D eigenvalue weighted by Crippen LogP contribution is 2.20. The number of hydrogen-bond acceptors (Lipinski definition) is 12. The number of rotatable bonds is 17. The molecule has 0 radical (unpaired) electrons. The van der Waals surface area contributed by atoms with E-state index in [4.69, 9.17) is 28.7 Å². The number of guanidine groups is 1. The summed E-state index contributed by atoms with van der Waals surface area (Å²) in [6.07, 6.45) is 0.373. The number of carbonyl (C=O) groups is 10. The minimum Gasteiger partial charge on any atom is -0.370 e. The number of hydrogen-bond donors (Lipinski definition) is 14. The molecule has 25 nitrogen and oxygen atoms in total. The number of aromatic amines is 1. The molecule has 1 aliphatic rings. The molecule has 25 heteroatoms. The zero-order chi connectivity index (χ0) is 52.7. The van der Waals surface area contributed by atoms with E-state index in [0.717, 1.165) is 10.9 Å². The van der Waals surface area contributed by atoms with E-state index in [1.807, 2.05) is 12.1 Å². The molecule has 7 atom stereocenters. The highest BCUT2D eigenvalue weighted by atomic mass is 16.2. The summed E-state index contributed by atoms with van der Waals surface area (Å²) < 4.78 is 0. The maximum absolute atomic E-state index is 14.5. The SMILES string of the molecule is CC(=O)N[C@@H](CCCN)C(=O)N[C@H]1CCCNC(=O)CC[C@@H](C(N)=O)NC(=O)[C@H](Cc2c[nH]c3ccccc23)NC(=O)[C@H](CCCN=C(N)N)NC(=O)[C@@H](Cc2ccccc2)NC(=O)[C@H](CC(N)=O)NC1=O. The number of aliphatic imine (C=N–C) groups is 1. The van der Waals surface area contributed by atoms with Crippen molar-refractivity contribution < 1.29 is 47.9 Å². The van der Waals surface area contributed by atoms with Crippen LogP contribution in [-0.4, -0.2) is 132 Å². The largest absolute Gasteiger partial charge is 0.370 e. The first kappa shape index (κ1) is 56.5. The molecule has 4 rings (SSSR count). The Bertz CT molecular complexity index is 2430. The molecule has 1 aliphatic heterocycles. The molecule has 2 heterocycles.